The minimum absolute atomic E-state index is 0.642. The Morgan fingerprint density at radius 2 is 0.818 bits per heavy atom. The highest BCUT2D eigenvalue weighted by atomic mass is 15.0. The first-order chi connectivity index (χ1) is 21.8. The summed E-state index contributed by atoms with van der Waals surface area (Å²) in [6.45, 7) is 0. The molecule has 0 aliphatic rings. The molecule has 0 saturated carbocycles. The van der Waals surface area contributed by atoms with Crippen LogP contribution in [0.3, 0.4) is 0 Å². The summed E-state index contributed by atoms with van der Waals surface area (Å²) in [5, 5.41) is 4.73. The van der Waals surface area contributed by atoms with Gasteiger partial charge in [0.1, 0.15) is 0 Å². The second-order valence-electron chi connectivity index (χ2n) is 10.9. The van der Waals surface area contributed by atoms with Gasteiger partial charge in [0.05, 0.1) is 0 Å². The Hall–Kier alpha value is -5.93. The first-order valence-corrected chi connectivity index (χ1v) is 14.8. The summed E-state index contributed by atoms with van der Waals surface area (Å²) in [6, 6.07) is 57.0. The number of rotatable bonds is 5. The molecule has 0 spiro atoms. The van der Waals surface area contributed by atoms with Crippen LogP contribution in [0.15, 0.2) is 164 Å². The molecule has 3 heteroatoms. The van der Waals surface area contributed by atoms with E-state index in [1.807, 2.05) is 6.07 Å². The molecule has 8 aromatic rings. The zero-order chi connectivity index (χ0) is 29.3. The molecule has 0 N–H and O–H groups in total. The normalized spacial score (nSPS) is 11.2. The Morgan fingerprint density at radius 3 is 1.66 bits per heavy atom. The molecule has 0 amide bonds. The number of benzene rings is 7. The van der Waals surface area contributed by atoms with Crippen molar-refractivity contribution in [3.05, 3.63) is 164 Å². The average molecular weight is 562 g/mol. The monoisotopic (exact) mass is 561 g/mol. The van der Waals surface area contributed by atoms with Crippen molar-refractivity contribution in [3.8, 4) is 56.4 Å². The predicted molar refractivity (Wildman–Crippen MR) is 182 cm³/mol. The fourth-order valence-electron chi connectivity index (χ4n) is 5.92. The van der Waals surface area contributed by atoms with Gasteiger partial charge in [-0.15, -0.1) is 0 Å². The molecule has 3 nitrogen and oxygen atoms in total. The van der Waals surface area contributed by atoms with Crippen LogP contribution in [-0.4, -0.2) is 15.0 Å². The van der Waals surface area contributed by atoms with Crippen molar-refractivity contribution in [1.29, 1.82) is 0 Å². The van der Waals surface area contributed by atoms with E-state index >= 15 is 0 Å². The molecule has 1 aromatic heterocycles. The van der Waals surface area contributed by atoms with Gasteiger partial charge in [-0.3, -0.25) is 0 Å². The highest BCUT2D eigenvalue weighted by Crippen LogP contribution is 2.36. The summed E-state index contributed by atoms with van der Waals surface area (Å²) in [4.78, 5) is 15.3. The lowest BCUT2D eigenvalue weighted by Crippen LogP contribution is -2.01. The van der Waals surface area contributed by atoms with Crippen molar-refractivity contribution in [3.63, 3.8) is 0 Å². The van der Waals surface area contributed by atoms with E-state index in [9.17, 15) is 0 Å². The minimum atomic E-state index is 0.642. The highest BCUT2D eigenvalue weighted by molar-refractivity contribution is 6.00. The number of hydrogen-bond donors (Lipinski definition) is 0. The van der Waals surface area contributed by atoms with Gasteiger partial charge in [-0.2, -0.15) is 0 Å². The van der Waals surface area contributed by atoms with E-state index in [2.05, 4.69) is 158 Å². The first kappa shape index (κ1) is 25.8. The number of aromatic nitrogens is 3. The quantitative estimate of drug-likeness (QED) is 0.210. The maximum Gasteiger partial charge on any atom is 0.164 e. The summed E-state index contributed by atoms with van der Waals surface area (Å²) < 4.78 is 0. The van der Waals surface area contributed by atoms with Gasteiger partial charge in [0.15, 0.2) is 17.5 Å². The SMILES string of the molecule is c1ccc(-c2cccc(-c3nc(-c4ccc5ccccc5c4)nc(-c4ccccc4-c4cccc5ccccc45)n3)c2)cc1. The molecule has 206 valence electrons. The standard InChI is InChI=1S/C41H27N3/c1-2-12-28(13-3-1)32-18-10-19-33(26-32)39-42-40(34-25-24-29-14-4-5-16-31(29)27-34)44-41(43-39)38-22-9-8-21-37(38)36-23-11-17-30-15-6-7-20-35(30)36/h1-27H. The van der Waals surface area contributed by atoms with Crippen LogP contribution in [0, 0.1) is 0 Å². The van der Waals surface area contributed by atoms with Crippen LogP contribution in [0.4, 0.5) is 0 Å². The van der Waals surface area contributed by atoms with Gasteiger partial charge in [-0.1, -0.05) is 152 Å². The summed E-state index contributed by atoms with van der Waals surface area (Å²) in [6.07, 6.45) is 0. The van der Waals surface area contributed by atoms with Crippen molar-refractivity contribution in [2.75, 3.05) is 0 Å². The Labute approximate surface area is 256 Å². The van der Waals surface area contributed by atoms with E-state index in [0.717, 1.165) is 44.3 Å². The second-order valence-corrected chi connectivity index (χ2v) is 10.9. The van der Waals surface area contributed by atoms with E-state index in [1.165, 1.54) is 16.2 Å². The minimum Gasteiger partial charge on any atom is -0.208 e. The third-order valence-corrected chi connectivity index (χ3v) is 8.12. The van der Waals surface area contributed by atoms with Crippen LogP contribution in [0.5, 0.6) is 0 Å². The summed E-state index contributed by atoms with van der Waals surface area (Å²) in [5.41, 5.74) is 7.37. The predicted octanol–water partition coefficient (Wildman–Crippen LogP) is 10.5. The zero-order valence-electron chi connectivity index (χ0n) is 23.9. The summed E-state index contributed by atoms with van der Waals surface area (Å²) in [5.74, 6) is 1.93. The van der Waals surface area contributed by atoms with Crippen molar-refractivity contribution in [1.82, 2.24) is 15.0 Å². The lowest BCUT2D eigenvalue weighted by Gasteiger charge is -2.14. The molecule has 0 unspecified atom stereocenters. The molecule has 0 saturated heterocycles. The van der Waals surface area contributed by atoms with Gasteiger partial charge < -0.3 is 0 Å². The molecule has 0 radical (unpaired) electrons. The van der Waals surface area contributed by atoms with E-state index in [4.69, 9.17) is 15.0 Å². The van der Waals surface area contributed by atoms with Gasteiger partial charge in [0.25, 0.3) is 0 Å². The van der Waals surface area contributed by atoms with Crippen LogP contribution in [0.1, 0.15) is 0 Å². The Kier molecular flexibility index (Phi) is 6.47. The maximum absolute atomic E-state index is 5.14. The average Bonchev–Trinajstić information content (AvgIpc) is 3.11. The Balaban J connectivity index is 1.35. The summed E-state index contributed by atoms with van der Waals surface area (Å²) >= 11 is 0. The van der Waals surface area contributed by atoms with Crippen molar-refractivity contribution in [2.24, 2.45) is 0 Å². The topological polar surface area (TPSA) is 38.7 Å². The van der Waals surface area contributed by atoms with Crippen LogP contribution < -0.4 is 0 Å². The molecule has 0 aliphatic carbocycles. The Morgan fingerprint density at radius 1 is 0.273 bits per heavy atom. The number of hydrogen-bond acceptors (Lipinski definition) is 3. The number of fused-ring (bicyclic) bond motifs is 2. The van der Waals surface area contributed by atoms with Gasteiger partial charge in [-0.05, 0) is 55.9 Å². The fourth-order valence-corrected chi connectivity index (χ4v) is 5.92. The molecular weight excluding hydrogens is 534 g/mol. The lowest BCUT2D eigenvalue weighted by molar-refractivity contribution is 1.07. The summed E-state index contributed by atoms with van der Waals surface area (Å²) in [7, 11) is 0. The van der Waals surface area contributed by atoms with Gasteiger partial charge >= 0.3 is 0 Å². The van der Waals surface area contributed by atoms with Crippen LogP contribution in [0.25, 0.3) is 78.0 Å². The largest absolute Gasteiger partial charge is 0.208 e. The van der Waals surface area contributed by atoms with E-state index in [1.54, 1.807) is 0 Å². The van der Waals surface area contributed by atoms with Gasteiger partial charge in [0.2, 0.25) is 0 Å². The van der Waals surface area contributed by atoms with Gasteiger partial charge in [0, 0.05) is 16.7 Å². The van der Waals surface area contributed by atoms with Gasteiger partial charge in [-0.25, -0.2) is 15.0 Å². The lowest BCUT2D eigenvalue weighted by atomic mass is 9.94. The second kappa shape index (κ2) is 11.0. The molecule has 0 atom stereocenters. The Bertz CT molecular complexity index is 2280. The van der Waals surface area contributed by atoms with Crippen molar-refractivity contribution < 1.29 is 0 Å². The molecule has 0 bridgehead atoms. The molecule has 44 heavy (non-hydrogen) atoms. The fraction of sp³-hybridized carbons (Fsp3) is 0. The zero-order valence-corrected chi connectivity index (χ0v) is 23.9. The molecule has 0 fully saturated rings. The van der Waals surface area contributed by atoms with Crippen molar-refractivity contribution >= 4 is 21.5 Å². The van der Waals surface area contributed by atoms with E-state index < -0.39 is 0 Å². The smallest absolute Gasteiger partial charge is 0.164 e. The molecule has 8 rings (SSSR count). The third kappa shape index (κ3) is 4.81. The van der Waals surface area contributed by atoms with Crippen LogP contribution >= 0.6 is 0 Å². The van der Waals surface area contributed by atoms with E-state index in [-0.39, 0.29) is 0 Å². The third-order valence-electron chi connectivity index (χ3n) is 8.12. The van der Waals surface area contributed by atoms with Crippen LogP contribution in [0.2, 0.25) is 0 Å². The van der Waals surface area contributed by atoms with E-state index in [0.29, 0.717) is 17.5 Å². The highest BCUT2D eigenvalue weighted by Gasteiger charge is 2.17. The molecule has 1 heterocycles. The maximum atomic E-state index is 5.14. The molecule has 7 aromatic carbocycles. The first-order valence-electron chi connectivity index (χ1n) is 14.8. The number of nitrogens with zero attached hydrogens (tertiary/aromatic N) is 3. The van der Waals surface area contributed by atoms with Crippen LogP contribution in [-0.2, 0) is 0 Å². The van der Waals surface area contributed by atoms with Crippen molar-refractivity contribution in [2.45, 2.75) is 0 Å². The molecular formula is C41H27N3. The molecule has 0 aliphatic heterocycles.